The molecule has 4 heteroatoms. The number of nitrogens with one attached hydrogen (secondary N) is 2. The maximum Gasteiger partial charge on any atom is 0.224 e. The third kappa shape index (κ3) is 3.32. The Bertz CT molecular complexity index is 353. The summed E-state index contributed by atoms with van der Waals surface area (Å²) >= 11 is 0. The van der Waals surface area contributed by atoms with Crippen LogP contribution >= 0.6 is 0 Å². The van der Waals surface area contributed by atoms with Gasteiger partial charge in [0, 0.05) is 19.8 Å². The van der Waals surface area contributed by atoms with Crippen molar-refractivity contribution < 1.29 is 0 Å². The highest BCUT2D eigenvalue weighted by molar-refractivity contribution is 5.39. The summed E-state index contributed by atoms with van der Waals surface area (Å²) in [5, 5.41) is 6.38. The highest BCUT2D eigenvalue weighted by Crippen LogP contribution is 2.29. The van der Waals surface area contributed by atoms with E-state index in [0.29, 0.717) is 5.95 Å². The average Bonchev–Trinajstić information content (AvgIpc) is 2.38. The second-order valence-electron chi connectivity index (χ2n) is 4.92. The molecule has 0 spiro atoms. The molecule has 2 atom stereocenters. The Labute approximate surface area is 103 Å². The molecule has 0 radical (unpaired) electrons. The van der Waals surface area contributed by atoms with Gasteiger partial charge in [0.2, 0.25) is 5.95 Å². The van der Waals surface area contributed by atoms with E-state index in [1.165, 1.54) is 25.7 Å². The summed E-state index contributed by atoms with van der Waals surface area (Å²) < 4.78 is 0. The molecule has 2 N–H and O–H groups in total. The maximum absolute atomic E-state index is 4.37. The van der Waals surface area contributed by atoms with E-state index in [1.807, 2.05) is 13.1 Å². The first-order valence-electron chi connectivity index (χ1n) is 6.54. The smallest absolute Gasteiger partial charge is 0.224 e. The van der Waals surface area contributed by atoms with Gasteiger partial charge in [-0.3, -0.25) is 0 Å². The first-order valence-corrected chi connectivity index (χ1v) is 6.54. The van der Waals surface area contributed by atoms with E-state index in [-0.39, 0.29) is 0 Å². The maximum atomic E-state index is 4.37. The molecular formula is C13H22N4. The Balaban J connectivity index is 1.88. The van der Waals surface area contributed by atoms with Crippen molar-refractivity contribution in [1.82, 2.24) is 9.97 Å². The minimum atomic E-state index is 0.673. The van der Waals surface area contributed by atoms with Gasteiger partial charge in [-0.15, -0.1) is 0 Å². The first-order chi connectivity index (χ1) is 8.29. The Kier molecular flexibility index (Phi) is 4.18. The van der Waals surface area contributed by atoms with E-state index in [9.17, 15) is 0 Å². The SMILES string of the molecule is CNc1nccc(NCC2CCCCC2C)n1. The van der Waals surface area contributed by atoms with Crippen LogP contribution in [0.15, 0.2) is 12.3 Å². The number of anilines is 2. The van der Waals surface area contributed by atoms with E-state index < -0.39 is 0 Å². The molecule has 1 saturated carbocycles. The van der Waals surface area contributed by atoms with Crippen molar-refractivity contribution in [2.75, 3.05) is 24.2 Å². The van der Waals surface area contributed by atoms with Gasteiger partial charge in [0.15, 0.2) is 0 Å². The summed E-state index contributed by atoms with van der Waals surface area (Å²) in [4.78, 5) is 8.47. The fourth-order valence-corrected chi connectivity index (χ4v) is 2.51. The van der Waals surface area contributed by atoms with Crippen LogP contribution < -0.4 is 10.6 Å². The highest BCUT2D eigenvalue weighted by atomic mass is 15.1. The van der Waals surface area contributed by atoms with Gasteiger partial charge >= 0.3 is 0 Å². The third-order valence-electron chi connectivity index (χ3n) is 3.71. The van der Waals surface area contributed by atoms with Crippen molar-refractivity contribution in [2.45, 2.75) is 32.6 Å². The van der Waals surface area contributed by atoms with Crippen LogP contribution in [0.1, 0.15) is 32.6 Å². The van der Waals surface area contributed by atoms with Crippen LogP contribution in [0.2, 0.25) is 0 Å². The molecule has 1 aliphatic rings. The largest absolute Gasteiger partial charge is 0.370 e. The normalized spacial score (nSPS) is 24.4. The topological polar surface area (TPSA) is 49.8 Å². The molecule has 0 amide bonds. The lowest BCUT2D eigenvalue weighted by Crippen LogP contribution is -2.24. The first kappa shape index (κ1) is 12.1. The molecule has 94 valence electrons. The summed E-state index contributed by atoms with van der Waals surface area (Å²) in [5.74, 6) is 3.22. The van der Waals surface area contributed by atoms with Crippen LogP contribution in [0.5, 0.6) is 0 Å². The summed E-state index contributed by atoms with van der Waals surface area (Å²) in [7, 11) is 1.84. The molecule has 1 aromatic heterocycles. The van der Waals surface area contributed by atoms with Gasteiger partial charge < -0.3 is 10.6 Å². The fraction of sp³-hybridized carbons (Fsp3) is 0.692. The van der Waals surface area contributed by atoms with Gasteiger partial charge in [0.05, 0.1) is 0 Å². The molecule has 0 aromatic carbocycles. The zero-order valence-electron chi connectivity index (χ0n) is 10.7. The lowest BCUT2D eigenvalue weighted by atomic mass is 9.80. The number of aromatic nitrogens is 2. The van der Waals surface area contributed by atoms with Crippen molar-refractivity contribution in [2.24, 2.45) is 11.8 Å². The molecule has 1 fully saturated rings. The lowest BCUT2D eigenvalue weighted by molar-refractivity contribution is 0.268. The zero-order valence-corrected chi connectivity index (χ0v) is 10.7. The Morgan fingerprint density at radius 1 is 1.35 bits per heavy atom. The second kappa shape index (κ2) is 5.84. The monoisotopic (exact) mass is 234 g/mol. The molecule has 1 aromatic rings. The van der Waals surface area contributed by atoms with Gasteiger partial charge in [-0.2, -0.15) is 4.98 Å². The van der Waals surface area contributed by atoms with Crippen LogP contribution in [0.25, 0.3) is 0 Å². The molecule has 1 heterocycles. The summed E-state index contributed by atoms with van der Waals surface area (Å²) in [6.45, 7) is 3.39. The number of hydrogen-bond donors (Lipinski definition) is 2. The van der Waals surface area contributed by atoms with Gasteiger partial charge in [-0.1, -0.05) is 26.2 Å². The Morgan fingerprint density at radius 2 is 2.18 bits per heavy atom. The van der Waals surface area contributed by atoms with Crippen LogP contribution in [0.3, 0.4) is 0 Å². The number of rotatable bonds is 4. The van der Waals surface area contributed by atoms with Crippen molar-refractivity contribution >= 4 is 11.8 Å². The molecule has 2 rings (SSSR count). The van der Waals surface area contributed by atoms with Crippen molar-refractivity contribution in [3.8, 4) is 0 Å². The van der Waals surface area contributed by atoms with E-state index in [1.54, 1.807) is 6.20 Å². The van der Waals surface area contributed by atoms with Crippen molar-refractivity contribution in [1.29, 1.82) is 0 Å². The minimum absolute atomic E-state index is 0.673. The van der Waals surface area contributed by atoms with E-state index in [4.69, 9.17) is 0 Å². The quantitative estimate of drug-likeness (QED) is 0.841. The zero-order chi connectivity index (χ0) is 12.1. The van der Waals surface area contributed by atoms with Crippen molar-refractivity contribution in [3.05, 3.63) is 12.3 Å². The molecule has 1 aliphatic carbocycles. The highest BCUT2D eigenvalue weighted by Gasteiger charge is 2.20. The van der Waals surface area contributed by atoms with Gasteiger partial charge in [-0.25, -0.2) is 4.98 Å². The summed E-state index contributed by atoms with van der Waals surface area (Å²) in [6.07, 6.45) is 7.28. The average molecular weight is 234 g/mol. The number of nitrogens with zero attached hydrogens (tertiary/aromatic N) is 2. The van der Waals surface area contributed by atoms with E-state index in [0.717, 1.165) is 24.2 Å². The summed E-state index contributed by atoms with van der Waals surface area (Å²) in [6, 6.07) is 1.92. The fourth-order valence-electron chi connectivity index (χ4n) is 2.51. The van der Waals surface area contributed by atoms with Crippen LogP contribution in [-0.4, -0.2) is 23.6 Å². The lowest BCUT2D eigenvalue weighted by Gasteiger charge is -2.28. The molecule has 17 heavy (non-hydrogen) atoms. The molecular weight excluding hydrogens is 212 g/mol. The predicted molar refractivity (Wildman–Crippen MR) is 71.2 cm³/mol. The molecule has 4 nitrogen and oxygen atoms in total. The molecule has 0 bridgehead atoms. The predicted octanol–water partition coefficient (Wildman–Crippen LogP) is 2.76. The molecule has 0 aliphatic heterocycles. The van der Waals surface area contributed by atoms with Crippen LogP contribution in [-0.2, 0) is 0 Å². The molecule has 2 unspecified atom stereocenters. The minimum Gasteiger partial charge on any atom is -0.370 e. The van der Waals surface area contributed by atoms with Crippen LogP contribution in [0, 0.1) is 11.8 Å². The Morgan fingerprint density at radius 3 is 2.94 bits per heavy atom. The standard InChI is InChI=1S/C13H22N4/c1-10-5-3-4-6-11(10)9-16-12-7-8-15-13(14-2)17-12/h7-8,10-11H,3-6,9H2,1-2H3,(H2,14,15,16,17). The molecule has 0 saturated heterocycles. The van der Waals surface area contributed by atoms with Crippen LogP contribution in [0.4, 0.5) is 11.8 Å². The van der Waals surface area contributed by atoms with Gasteiger partial charge in [-0.05, 0) is 24.3 Å². The van der Waals surface area contributed by atoms with E-state index >= 15 is 0 Å². The van der Waals surface area contributed by atoms with Crippen molar-refractivity contribution in [3.63, 3.8) is 0 Å². The van der Waals surface area contributed by atoms with E-state index in [2.05, 4.69) is 27.5 Å². The second-order valence-corrected chi connectivity index (χ2v) is 4.92. The van der Waals surface area contributed by atoms with Gasteiger partial charge in [0.1, 0.15) is 5.82 Å². The third-order valence-corrected chi connectivity index (χ3v) is 3.71. The Hall–Kier alpha value is -1.32. The number of hydrogen-bond acceptors (Lipinski definition) is 4. The summed E-state index contributed by atoms with van der Waals surface area (Å²) in [5.41, 5.74) is 0. The van der Waals surface area contributed by atoms with Gasteiger partial charge in [0.25, 0.3) is 0 Å².